The SMILES string of the molecule is Cc1cc(=O)c(C(=O)N(C)CCN2CCCC2)cn1C.O=CO. The van der Waals surface area contributed by atoms with Gasteiger partial charge in [-0.05, 0) is 32.9 Å². The van der Waals surface area contributed by atoms with Gasteiger partial charge >= 0.3 is 0 Å². The molecule has 0 bridgehead atoms. The fourth-order valence-corrected chi connectivity index (χ4v) is 2.49. The summed E-state index contributed by atoms with van der Waals surface area (Å²) in [5.41, 5.74) is 0.909. The average Bonchev–Trinajstić information content (AvgIpc) is 3.02. The van der Waals surface area contributed by atoms with Crippen LogP contribution in [-0.4, -0.2) is 65.1 Å². The zero-order valence-corrected chi connectivity index (χ0v) is 14.0. The van der Waals surface area contributed by atoms with Crippen molar-refractivity contribution in [3.8, 4) is 0 Å². The van der Waals surface area contributed by atoms with Gasteiger partial charge in [-0.3, -0.25) is 14.4 Å². The Kier molecular flexibility index (Phi) is 7.47. The minimum Gasteiger partial charge on any atom is -0.483 e. The quantitative estimate of drug-likeness (QED) is 0.819. The molecule has 7 heteroatoms. The van der Waals surface area contributed by atoms with Crippen LogP contribution in [0.25, 0.3) is 0 Å². The standard InChI is InChI=1S/C15H23N3O2.CH2O2/c1-12-10-14(19)13(11-17(12)3)15(20)16(2)8-9-18-6-4-5-7-18;2-1-3/h10-11H,4-9H2,1-3H3;1H,(H,2,3). The van der Waals surface area contributed by atoms with E-state index in [4.69, 9.17) is 9.90 Å². The van der Waals surface area contributed by atoms with Crippen LogP contribution in [0.15, 0.2) is 17.1 Å². The fourth-order valence-electron chi connectivity index (χ4n) is 2.49. The molecule has 1 aliphatic rings. The van der Waals surface area contributed by atoms with Crippen molar-refractivity contribution in [1.82, 2.24) is 14.4 Å². The number of pyridine rings is 1. The molecule has 1 aliphatic heterocycles. The van der Waals surface area contributed by atoms with Crippen molar-refractivity contribution in [3.63, 3.8) is 0 Å². The second-order valence-electron chi connectivity index (χ2n) is 5.68. The van der Waals surface area contributed by atoms with Gasteiger partial charge in [-0.25, -0.2) is 0 Å². The molecule has 0 saturated carbocycles. The van der Waals surface area contributed by atoms with E-state index in [1.54, 1.807) is 18.1 Å². The summed E-state index contributed by atoms with van der Waals surface area (Å²) in [5, 5.41) is 6.89. The van der Waals surface area contributed by atoms with Gasteiger partial charge < -0.3 is 19.5 Å². The van der Waals surface area contributed by atoms with Crippen molar-refractivity contribution in [1.29, 1.82) is 0 Å². The van der Waals surface area contributed by atoms with Crippen molar-refractivity contribution in [3.05, 3.63) is 33.7 Å². The van der Waals surface area contributed by atoms with E-state index in [2.05, 4.69) is 4.90 Å². The monoisotopic (exact) mass is 323 g/mol. The Bertz CT molecular complexity index is 591. The van der Waals surface area contributed by atoms with E-state index in [1.807, 2.05) is 18.5 Å². The lowest BCUT2D eigenvalue weighted by Crippen LogP contribution is -2.37. The lowest BCUT2D eigenvalue weighted by Gasteiger charge is -2.21. The highest BCUT2D eigenvalue weighted by Crippen LogP contribution is 2.07. The first kappa shape index (κ1) is 18.9. The summed E-state index contributed by atoms with van der Waals surface area (Å²) in [6, 6.07) is 1.52. The summed E-state index contributed by atoms with van der Waals surface area (Å²) in [4.78, 5) is 36.6. The normalized spacial score (nSPS) is 14.0. The van der Waals surface area contributed by atoms with E-state index in [0.29, 0.717) is 6.54 Å². The maximum Gasteiger partial charge on any atom is 0.290 e. The Hall–Kier alpha value is -2.15. The smallest absolute Gasteiger partial charge is 0.290 e. The number of carbonyl (C=O) groups is 2. The highest BCUT2D eigenvalue weighted by molar-refractivity contribution is 5.93. The predicted octanol–water partition coefficient (Wildman–Crippen LogP) is 0.562. The van der Waals surface area contributed by atoms with Gasteiger partial charge in [-0.1, -0.05) is 0 Å². The van der Waals surface area contributed by atoms with E-state index < -0.39 is 0 Å². The second kappa shape index (κ2) is 9.09. The number of aryl methyl sites for hydroxylation is 2. The van der Waals surface area contributed by atoms with Crippen molar-refractivity contribution >= 4 is 12.4 Å². The van der Waals surface area contributed by atoms with Gasteiger partial charge in [-0.2, -0.15) is 0 Å². The number of likely N-dealkylation sites (tertiary alicyclic amines) is 1. The first-order valence-corrected chi connectivity index (χ1v) is 7.63. The van der Waals surface area contributed by atoms with Crippen molar-refractivity contribution in [2.45, 2.75) is 19.8 Å². The minimum atomic E-state index is -0.250. The number of hydrogen-bond acceptors (Lipinski definition) is 4. The number of carbonyl (C=O) groups excluding carboxylic acids is 1. The number of rotatable bonds is 4. The molecule has 1 amide bonds. The molecule has 1 aromatic rings. The van der Waals surface area contributed by atoms with Crippen LogP contribution in [0.3, 0.4) is 0 Å². The molecule has 23 heavy (non-hydrogen) atoms. The zero-order chi connectivity index (χ0) is 17.4. The van der Waals surface area contributed by atoms with Crippen molar-refractivity contribution < 1.29 is 14.7 Å². The predicted molar refractivity (Wildman–Crippen MR) is 87.7 cm³/mol. The summed E-state index contributed by atoms with van der Waals surface area (Å²) in [5.74, 6) is -0.190. The third-order valence-electron chi connectivity index (χ3n) is 4.01. The number of nitrogens with zero attached hydrogens (tertiary/aromatic N) is 3. The average molecular weight is 323 g/mol. The molecule has 0 aromatic carbocycles. The Balaban J connectivity index is 0.000000816. The van der Waals surface area contributed by atoms with E-state index >= 15 is 0 Å². The van der Waals surface area contributed by atoms with Gasteiger partial charge in [0.15, 0.2) is 5.43 Å². The molecule has 0 unspecified atom stereocenters. The molecular formula is C16H25N3O4. The van der Waals surface area contributed by atoms with Crippen LogP contribution in [0.5, 0.6) is 0 Å². The molecule has 1 fully saturated rings. The largest absolute Gasteiger partial charge is 0.483 e. The maximum absolute atomic E-state index is 12.3. The fraction of sp³-hybridized carbons (Fsp3) is 0.562. The molecule has 0 spiro atoms. The van der Waals surface area contributed by atoms with Gasteiger partial charge in [0.25, 0.3) is 12.4 Å². The van der Waals surface area contributed by atoms with Crippen LogP contribution in [-0.2, 0) is 11.8 Å². The van der Waals surface area contributed by atoms with Crippen LogP contribution in [0, 0.1) is 6.92 Å². The van der Waals surface area contributed by atoms with Gasteiger partial charge in [0.05, 0.1) is 0 Å². The lowest BCUT2D eigenvalue weighted by atomic mass is 10.2. The van der Waals surface area contributed by atoms with Gasteiger partial charge in [0.2, 0.25) is 0 Å². The molecular weight excluding hydrogens is 298 g/mol. The Morgan fingerprint density at radius 3 is 2.52 bits per heavy atom. The highest BCUT2D eigenvalue weighted by Gasteiger charge is 2.18. The number of aromatic nitrogens is 1. The summed E-state index contributed by atoms with van der Waals surface area (Å²) >= 11 is 0. The molecule has 128 valence electrons. The number of hydrogen-bond donors (Lipinski definition) is 1. The molecule has 0 atom stereocenters. The Labute approximate surface area is 136 Å². The topological polar surface area (TPSA) is 82.9 Å². The van der Waals surface area contributed by atoms with Gasteiger partial charge in [0.1, 0.15) is 5.56 Å². The van der Waals surface area contributed by atoms with E-state index in [1.165, 1.54) is 18.9 Å². The van der Waals surface area contributed by atoms with Crippen LogP contribution in [0.1, 0.15) is 28.9 Å². The summed E-state index contributed by atoms with van der Waals surface area (Å²) in [7, 11) is 3.60. The minimum absolute atomic E-state index is 0.190. The summed E-state index contributed by atoms with van der Waals surface area (Å²) in [6.45, 7) is 5.39. The number of likely N-dealkylation sites (N-methyl/N-ethyl adjacent to an activating group) is 1. The molecule has 7 nitrogen and oxygen atoms in total. The van der Waals surface area contributed by atoms with Gasteiger partial charge in [-0.15, -0.1) is 0 Å². The maximum atomic E-state index is 12.3. The molecule has 2 heterocycles. The van der Waals surface area contributed by atoms with Crippen LogP contribution < -0.4 is 5.43 Å². The molecule has 0 aliphatic carbocycles. The zero-order valence-electron chi connectivity index (χ0n) is 14.0. The number of carboxylic acid groups (broad SMARTS) is 1. The first-order valence-electron chi connectivity index (χ1n) is 7.63. The Morgan fingerprint density at radius 1 is 1.39 bits per heavy atom. The summed E-state index contributed by atoms with van der Waals surface area (Å²) in [6.07, 6.45) is 4.12. The van der Waals surface area contributed by atoms with E-state index in [9.17, 15) is 9.59 Å². The molecule has 0 radical (unpaired) electrons. The molecule has 1 N–H and O–H groups in total. The molecule has 2 rings (SSSR count). The van der Waals surface area contributed by atoms with Crippen molar-refractivity contribution in [2.75, 3.05) is 33.2 Å². The number of amides is 1. The third kappa shape index (κ3) is 5.52. The van der Waals surface area contributed by atoms with Crippen LogP contribution in [0.2, 0.25) is 0 Å². The van der Waals surface area contributed by atoms with Crippen molar-refractivity contribution in [2.24, 2.45) is 7.05 Å². The van der Waals surface area contributed by atoms with Crippen LogP contribution in [0.4, 0.5) is 0 Å². The second-order valence-corrected chi connectivity index (χ2v) is 5.68. The summed E-state index contributed by atoms with van der Waals surface area (Å²) < 4.78 is 1.81. The first-order chi connectivity index (χ1) is 10.9. The highest BCUT2D eigenvalue weighted by atomic mass is 16.3. The lowest BCUT2D eigenvalue weighted by molar-refractivity contribution is -0.122. The van der Waals surface area contributed by atoms with Gasteiger partial charge in [0, 0.05) is 45.1 Å². The molecule has 1 aromatic heterocycles. The van der Waals surface area contributed by atoms with E-state index in [0.717, 1.165) is 25.3 Å². The third-order valence-corrected chi connectivity index (χ3v) is 4.01. The van der Waals surface area contributed by atoms with Crippen LogP contribution >= 0.6 is 0 Å². The Morgan fingerprint density at radius 2 is 1.96 bits per heavy atom. The molecule has 1 saturated heterocycles. The van der Waals surface area contributed by atoms with E-state index in [-0.39, 0.29) is 23.4 Å².